The fourth-order valence-electron chi connectivity index (χ4n) is 3.71. The Morgan fingerprint density at radius 3 is 2.52 bits per heavy atom. The monoisotopic (exact) mass is 370 g/mol. The molecule has 0 saturated carbocycles. The Balaban J connectivity index is 2.22. The third-order valence-electron chi connectivity index (χ3n) is 5.07. The van der Waals surface area contributed by atoms with Crippen molar-refractivity contribution < 1.29 is 9.47 Å². The summed E-state index contributed by atoms with van der Waals surface area (Å²) < 4.78 is 13.2. The summed E-state index contributed by atoms with van der Waals surface area (Å²) in [5.41, 5.74) is -0.184. The number of ether oxygens (including phenoxy) is 2. The van der Waals surface area contributed by atoms with E-state index in [0.717, 1.165) is 23.0 Å². The Morgan fingerprint density at radius 2 is 1.89 bits per heavy atom. The molecule has 0 N–H and O–H groups in total. The van der Waals surface area contributed by atoms with E-state index in [0.29, 0.717) is 23.9 Å². The van der Waals surface area contributed by atoms with E-state index in [4.69, 9.17) is 9.47 Å². The van der Waals surface area contributed by atoms with Gasteiger partial charge in [-0.25, -0.2) is 4.79 Å². The number of rotatable bonds is 4. The van der Waals surface area contributed by atoms with Gasteiger partial charge in [-0.3, -0.25) is 13.9 Å². The fraction of sp³-hybridized carbons (Fsp3) is 0.421. The predicted octanol–water partition coefficient (Wildman–Crippen LogP) is 1.31. The molecule has 27 heavy (non-hydrogen) atoms. The first-order chi connectivity index (χ1) is 12.9. The molecule has 0 radical (unpaired) electrons. The minimum atomic E-state index is -0.584. The molecular weight excluding hydrogens is 348 g/mol. The molecule has 3 rings (SSSR count). The summed E-state index contributed by atoms with van der Waals surface area (Å²) in [6.07, 6.45) is 1.66. The van der Waals surface area contributed by atoms with Gasteiger partial charge < -0.3 is 14.4 Å². The van der Waals surface area contributed by atoms with E-state index in [1.807, 2.05) is 29.2 Å². The minimum absolute atomic E-state index is 0.0339. The second-order valence-corrected chi connectivity index (χ2v) is 6.48. The van der Waals surface area contributed by atoms with Crippen LogP contribution in [0.15, 0.2) is 27.8 Å². The summed E-state index contributed by atoms with van der Waals surface area (Å²) in [6.45, 7) is 0.625. The van der Waals surface area contributed by atoms with Gasteiger partial charge in [-0.2, -0.15) is 5.26 Å². The molecule has 1 aromatic carbocycles. The summed E-state index contributed by atoms with van der Waals surface area (Å²) in [4.78, 5) is 26.9. The van der Waals surface area contributed by atoms with Crippen LogP contribution in [0.1, 0.15) is 30.0 Å². The summed E-state index contributed by atoms with van der Waals surface area (Å²) in [7, 11) is 6.15. The van der Waals surface area contributed by atoms with E-state index < -0.39 is 11.2 Å². The molecule has 0 spiro atoms. The zero-order valence-corrected chi connectivity index (χ0v) is 15.9. The maximum atomic E-state index is 12.5. The van der Waals surface area contributed by atoms with Crippen molar-refractivity contribution in [2.45, 2.75) is 18.9 Å². The Bertz CT molecular complexity index is 1030. The molecule has 1 aliphatic rings. The molecule has 1 saturated heterocycles. The molecule has 0 bridgehead atoms. The van der Waals surface area contributed by atoms with E-state index in [9.17, 15) is 14.9 Å². The molecular formula is C19H22N4O4. The van der Waals surface area contributed by atoms with Crippen LogP contribution in [-0.4, -0.2) is 29.9 Å². The first-order valence-corrected chi connectivity index (χ1v) is 8.63. The van der Waals surface area contributed by atoms with E-state index in [-0.39, 0.29) is 11.6 Å². The number of hydrogen-bond donors (Lipinski definition) is 0. The van der Waals surface area contributed by atoms with Crippen LogP contribution < -0.4 is 25.6 Å². The van der Waals surface area contributed by atoms with Gasteiger partial charge in [0.15, 0.2) is 5.56 Å². The molecule has 8 nitrogen and oxygen atoms in total. The Labute approximate surface area is 156 Å². The zero-order chi connectivity index (χ0) is 19.7. The molecule has 142 valence electrons. The van der Waals surface area contributed by atoms with E-state index in [1.54, 1.807) is 21.3 Å². The van der Waals surface area contributed by atoms with Crippen molar-refractivity contribution in [2.24, 2.45) is 14.1 Å². The van der Waals surface area contributed by atoms with Crippen LogP contribution in [0.2, 0.25) is 0 Å². The minimum Gasteiger partial charge on any atom is -0.497 e. The van der Waals surface area contributed by atoms with Gasteiger partial charge in [0.05, 0.1) is 20.3 Å². The Kier molecular flexibility index (Phi) is 4.95. The van der Waals surface area contributed by atoms with Crippen molar-refractivity contribution in [1.29, 1.82) is 5.26 Å². The van der Waals surface area contributed by atoms with Crippen molar-refractivity contribution >= 4 is 5.82 Å². The lowest BCUT2D eigenvalue weighted by atomic mass is 10.0. The summed E-state index contributed by atoms with van der Waals surface area (Å²) in [5, 5.41) is 9.59. The van der Waals surface area contributed by atoms with Crippen LogP contribution in [0.3, 0.4) is 0 Å². The number of hydrogen-bond acceptors (Lipinski definition) is 6. The standard InChI is InChI=1S/C19H22N4O4/c1-21-17(14(11-20)18(24)22(2)19(21)25)23-9-5-6-15(23)13-10-12(26-3)7-8-16(13)27-4/h7-8,10,15H,5-6,9H2,1-4H3/t15-/m0/s1. The number of nitriles is 1. The SMILES string of the molecule is COc1ccc(OC)c([C@@H]2CCCN2c2c(C#N)c(=O)n(C)c(=O)n2C)c1. The highest BCUT2D eigenvalue weighted by Crippen LogP contribution is 2.41. The zero-order valence-electron chi connectivity index (χ0n) is 15.9. The van der Waals surface area contributed by atoms with Gasteiger partial charge in [-0.05, 0) is 31.0 Å². The number of methoxy groups -OCH3 is 2. The van der Waals surface area contributed by atoms with Crippen LogP contribution in [-0.2, 0) is 14.1 Å². The first-order valence-electron chi connectivity index (χ1n) is 8.63. The van der Waals surface area contributed by atoms with Crippen molar-refractivity contribution in [1.82, 2.24) is 9.13 Å². The lowest BCUT2D eigenvalue weighted by Gasteiger charge is -2.30. The number of nitrogens with zero attached hydrogens (tertiary/aromatic N) is 4. The lowest BCUT2D eigenvalue weighted by Crippen LogP contribution is -2.42. The van der Waals surface area contributed by atoms with Gasteiger partial charge in [-0.15, -0.1) is 0 Å². The molecule has 0 unspecified atom stereocenters. The van der Waals surface area contributed by atoms with Crippen LogP contribution >= 0.6 is 0 Å². The summed E-state index contributed by atoms with van der Waals surface area (Å²) in [5.74, 6) is 1.73. The molecule has 2 aromatic rings. The second kappa shape index (κ2) is 7.19. The van der Waals surface area contributed by atoms with Gasteiger partial charge in [0.25, 0.3) is 5.56 Å². The van der Waals surface area contributed by atoms with Crippen molar-refractivity contribution in [3.8, 4) is 17.6 Å². The van der Waals surface area contributed by atoms with Gasteiger partial charge in [0.2, 0.25) is 0 Å². The van der Waals surface area contributed by atoms with Crippen molar-refractivity contribution in [2.75, 3.05) is 25.7 Å². The number of aromatic nitrogens is 2. The number of anilines is 1. The third-order valence-corrected chi connectivity index (χ3v) is 5.07. The highest BCUT2D eigenvalue weighted by Gasteiger charge is 2.33. The quantitative estimate of drug-likeness (QED) is 0.806. The van der Waals surface area contributed by atoms with E-state index in [1.165, 1.54) is 11.6 Å². The van der Waals surface area contributed by atoms with Gasteiger partial charge in [0, 0.05) is 26.2 Å². The van der Waals surface area contributed by atoms with E-state index in [2.05, 4.69) is 0 Å². The van der Waals surface area contributed by atoms with Gasteiger partial charge in [-0.1, -0.05) is 0 Å². The van der Waals surface area contributed by atoms with Crippen LogP contribution in [0.4, 0.5) is 5.82 Å². The maximum absolute atomic E-state index is 12.5. The molecule has 1 aromatic heterocycles. The van der Waals surface area contributed by atoms with E-state index >= 15 is 0 Å². The molecule has 1 atom stereocenters. The normalized spacial score (nSPS) is 16.3. The maximum Gasteiger partial charge on any atom is 0.332 e. The highest BCUT2D eigenvalue weighted by molar-refractivity contribution is 5.57. The molecule has 1 fully saturated rings. The third kappa shape index (κ3) is 2.95. The van der Waals surface area contributed by atoms with Crippen LogP contribution in [0, 0.1) is 11.3 Å². The average Bonchev–Trinajstić information content (AvgIpc) is 3.17. The Hall–Kier alpha value is -3.21. The smallest absolute Gasteiger partial charge is 0.332 e. The molecule has 0 aliphatic carbocycles. The predicted molar refractivity (Wildman–Crippen MR) is 101 cm³/mol. The summed E-state index contributed by atoms with van der Waals surface area (Å²) in [6, 6.07) is 7.39. The van der Waals surface area contributed by atoms with Gasteiger partial charge >= 0.3 is 5.69 Å². The largest absolute Gasteiger partial charge is 0.497 e. The van der Waals surface area contributed by atoms with Crippen molar-refractivity contribution in [3.63, 3.8) is 0 Å². The highest BCUT2D eigenvalue weighted by atomic mass is 16.5. The fourth-order valence-corrected chi connectivity index (χ4v) is 3.71. The molecule has 2 heterocycles. The molecule has 1 aliphatic heterocycles. The Morgan fingerprint density at radius 1 is 1.15 bits per heavy atom. The second-order valence-electron chi connectivity index (χ2n) is 6.48. The average molecular weight is 370 g/mol. The van der Waals surface area contributed by atoms with Crippen molar-refractivity contribution in [3.05, 3.63) is 50.2 Å². The van der Waals surface area contributed by atoms with Crippen LogP contribution in [0.5, 0.6) is 11.5 Å². The van der Waals surface area contributed by atoms with Gasteiger partial charge in [0.1, 0.15) is 23.4 Å². The summed E-state index contributed by atoms with van der Waals surface area (Å²) >= 11 is 0. The van der Waals surface area contributed by atoms with Crippen LogP contribution in [0.25, 0.3) is 0 Å². The number of benzene rings is 1. The topological polar surface area (TPSA) is 89.5 Å². The first kappa shape index (κ1) is 18.6. The molecule has 0 amide bonds. The molecule has 8 heteroatoms. The lowest BCUT2D eigenvalue weighted by molar-refractivity contribution is 0.395.